The topological polar surface area (TPSA) is 147 Å². The summed E-state index contributed by atoms with van der Waals surface area (Å²) in [6.07, 6.45) is 0. The Hall–Kier alpha value is -4.37. The highest BCUT2D eigenvalue weighted by atomic mass is 16.2. The molecule has 2 aromatic carbocycles. The summed E-state index contributed by atoms with van der Waals surface area (Å²) >= 11 is 0. The molecule has 1 unspecified atom stereocenters. The van der Waals surface area contributed by atoms with Gasteiger partial charge in [-0.05, 0) is 18.1 Å². The van der Waals surface area contributed by atoms with Gasteiger partial charge in [0.25, 0.3) is 5.91 Å². The van der Waals surface area contributed by atoms with Crippen molar-refractivity contribution in [1.29, 1.82) is 10.5 Å². The van der Waals surface area contributed by atoms with Gasteiger partial charge in [-0.15, -0.1) is 0 Å². The molecule has 31 heavy (non-hydrogen) atoms. The zero-order valence-electron chi connectivity index (χ0n) is 16.9. The van der Waals surface area contributed by atoms with Gasteiger partial charge in [0.2, 0.25) is 0 Å². The molecule has 2 rings (SSSR count). The van der Waals surface area contributed by atoms with Gasteiger partial charge < -0.3 is 21.3 Å². The molecule has 9 heteroatoms. The second kappa shape index (κ2) is 11.0. The second-order valence-electron chi connectivity index (χ2n) is 6.70. The summed E-state index contributed by atoms with van der Waals surface area (Å²) in [6.45, 7) is 1.47. The van der Waals surface area contributed by atoms with Gasteiger partial charge in [-0.25, -0.2) is 4.79 Å². The number of carbonyl (C=O) groups excluding carboxylic acids is 3. The minimum atomic E-state index is -1.75. The lowest BCUT2D eigenvalue weighted by Gasteiger charge is -2.33. The summed E-state index contributed by atoms with van der Waals surface area (Å²) in [7, 11) is 0. The molecule has 0 fully saturated rings. The molecule has 0 saturated heterocycles. The number of hydrogen-bond donors (Lipinski definition) is 4. The lowest BCUT2D eigenvalue weighted by Crippen LogP contribution is -2.63. The molecule has 0 saturated carbocycles. The molecule has 0 heterocycles. The van der Waals surface area contributed by atoms with Crippen LogP contribution in [0.2, 0.25) is 0 Å². The Morgan fingerprint density at radius 2 is 1.61 bits per heavy atom. The van der Waals surface area contributed by atoms with E-state index in [1.54, 1.807) is 36.4 Å². The van der Waals surface area contributed by atoms with Crippen LogP contribution in [-0.2, 0) is 21.7 Å². The highest BCUT2D eigenvalue weighted by Crippen LogP contribution is 2.21. The van der Waals surface area contributed by atoms with Crippen molar-refractivity contribution in [3.63, 3.8) is 0 Å². The minimum Gasteiger partial charge on any atom is -0.341 e. The van der Waals surface area contributed by atoms with Crippen LogP contribution < -0.4 is 21.3 Å². The van der Waals surface area contributed by atoms with Crippen LogP contribution in [0.25, 0.3) is 0 Å². The van der Waals surface area contributed by atoms with Gasteiger partial charge in [0.15, 0.2) is 11.6 Å². The van der Waals surface area contributed by atoms with E-state index in [1.165, 1.54) is 6.07 Å². The third-order valence-electron chi connectivity index (χ3n) is 4.50. The number of nitrogens with zero attached hydrogens (tertiary/aromatic N) is 2. The van der Waals surface area contributed by atoms with Crippen LogP contribution in [-0.4, -0.2) is 30.9 Å². The number of benzene rings is 2. The smallest absolute Gasteiger partial charge is 0.322 e. The van der Waals surface area contributed by atoms with Gasteiger partial charge in [-0.3, -0.25) is 9.59 Å². The monoisotopic (exact) mass is 418 g/mol. The molecule has 1 atom stereocenters. The van der Waals surface area contributed by atoms with Crippen molar-refractivity contribution < 1.29 is 14.4 Å². The molecule has 0 bridgehead atoms. The molecule has 0 aliphatic rings. The fourth-order valence-corrected chi connectivity index (χ4v) is 2.86. The zero-order chi connectivity index (χ0) is 22.7. The first-order valence-corrected chi connectivity index (χ1v) is 9.41. The molecule has 158 valence electrons. The first-order valence-electron chi connectivity index (χ1n) is 9.41. The molecule has 9 nitrogen and oxygen atoms in total. The third-order valence-corrected chi connectivity index (χ3v) is 4.50. The van der Waals surface area contributed by atoms with E-state index in [0.717, 1.165) is 11.1 Å². The molecule has 0 aromatic heterocycles. The number of hydrogen-bond acceptors (Lipinski definition) is 5. The maximum atomic E-state index is 13.0. The van der Waals surface area contributed by atoms with E-state index in [1.807, 2.05) is 31.2 Å². The van der Waals surface area contributed by atoms with Crippen molar-refractivity contribution in [2.24, 2.45) is 0 Å². The van der Waals surface area contributed by atoms with Crippen molar-refractivity contribution in [2.45, 2.75) is 19.0 Å². The van der Waals surface area contributed by atoms with Gasteiger partial charge >= 0.3 is 11.9 Å². The van der Waals surface area contributed by atoms with Gasteiger partial charge in [0, 0.05) is 6.54 Å². The van der Waals surface area contributed by atoms with Crippen molar-refractivity contribution in [2.75, 3.05) is 13.1 Å². The molecule has 2 aromatic rings. The number of urea groups is 1. The van der Waals surface area contributed by atoms with Crippen LogP contribution in [0, 0.1) is 29.6 Å². The van der Waals surface area contributed by atoms with Crippen molar-refractivity contribution in [3.05, 3.63) is 71.3 Å². The Kier molecular flexibility index (Phi) is 8.12. The molecular weight excluding hydrogens is 396 g/mol. The van der Waals surface area contributed by atoms with Crippen molar-refractivity contribution in [1.82, 2.24) is 21.3 Å². The maximum Gasteiger partial charge on any atom is 0.322 e. The summed E-state index contributed by atoms with van der Waals surface area (Å²) in [4.78, 5) is 37.3. The highest BCUT2D eigenvalue weighted by Gasteiger charge is 2.42. The standard InChI is InChI=1S/C22H22N6O3/c1-16-7-9-17(10-8-16)14-26-21(31)28-22(15-27-19(29)13-24,20(30)25-12-11-23)18-5-3-2-4-6-18/h2-10H,12,14-15H2,1H3,(H,25,30)(H,27,29)(H2,26,28,31). The summed E-state index contributed by atoms with van der Waals surface area (Å²) in [5.41, 5.74) is 0.563. The Morgan fingerprint density at radius 1 is 0.935 bits per heavy atom. The van der Waals surface area contributed by atoms with E-state index in [4.69, 9.17) is 10.5 Å². The largest absolute Gasteiger partial charge is 0.341 e. The van der Waals surface area contributed by atoms with Crippen LogP contribution in [0.3, 0.4) is 0 Å². The SMILES string of the molecule is Cc1ccc(CNC(=O)NC(CNC(=O)C#N)(C(=O)NCC#N)c2ccccc2)cc1. The predicted molar refractivity (Wildman–Crippen MR) is 112 cm³/mol. The zero-order valence-corrected chi connectivity index (χ0v) is 16.9. The van der Waals surface area contributed by atoms with Crippen LogP contribution >= 0.6 is 0 Å². The van der Waals surface area contributed by atoms with Gasteiger partial charge in [-0.2, -0.15) is 10.5 Å². The quantitative estimate of drug-likeness (QED) is 0.373. The average Bonchev–Trinajstić information content (AvgIpc) is 2.80. The molecule has 0 aliphatic heterocycles. The molecule has 4 N–H and O–H groups in total. The van der Waals surface area contributed by atoms with Crippen LogP contribution in [0.15, 0.2) is 54.6 Å². The van der Waals surface area contributed by atoms with E-state index in [0.29, 0.717) is 5.56 Å². The Balaban J connectivity index is 2.31. The van der Waals surface area contributed by atoms with E-state index < -0.39 is 29.9 Å². The number of nitriles is 2. The second-order valence-corrected chi connectivity index (χ2v) is 6.70. The lowest BCUT2D eigenvalue weighted by atomic mass is 9.88. The molecular formula is C22H22N6O3. The van der Waals surface area contributed by atoms with Gasteiger partial charge in [0.05, 0.1) is 12.6 Å². The molecule has 0 aliphatic carbocycles. The first-order chi connectivity index (χ1) is 14.9. The van der Waals surface area contributed by atoms with Crippen molar-refractivity contribution >= 4 is 17.8 Å². The number of nitrogens with one attached hydrogen (secondary N) is 4. The van der Waals surface area contributed by atoms with E-state index in [9.17, 15) is 14.4 Å². The summed E-state index contributed by atoms with van der Waals surface area (Å²) < 4.78 is 0. The van der Waals surface area contributed by atoms with Gasteiger partial charge in [-0.1, -0.05) is 60.2 Å². The van der Waals surface area contributed by atoms with Crippen LogP contribution in [0.4, 0.5) is 4.79 Å². The fraction of sp³-hybridized carbons (Fsp3) is 0.227. The van der Waals surface area contributed by atoms with E-state index >= 15 is 0 Å². The van der Waals surface area contributed by atoms with Crippen molar-refractivity contribution in [3.8, 4) is 12.1 Å². The number of aryl methyl sites for hydroxylation is 1. The predicted octanol–water partition coefficient (Wildman–Crippen LogP) is 0.969. The summed E-state index contributed by atoms with van der Waals surface area (Å²) in [5.74, 6) is -1.67. The fourth-order valence-electron chi connectivity index (χ4n) is 2.86. The minimum absolute atomic E-state index is 0.210. The number of rotatable bonds is 8. The Morgan fingerprint density at radius 3 is 2.23 bits per heavy atom. The number of amides is 4. The molecule has 0 radical (unpaired) electrons. The average molecular weight is 418 g/mol. The lowest BCUT2D eigenvalue weighted by molar-refractivity contribution is -0.127. The van der Waals surface area contributed by atoms with Crippen LogP contribution in [0.5, 0.6) is 0 Å². The summed E-state index contributed by atoms with van der Waals surface area (Å²) in [5, 5.41) is 27.7. The van der Waals surface area contributed by atoms with E-state index in [-0.39, 0.29) is 13.1 Å². The van der Waals surface area contributed by atoms with Gasteiger partial charge in [0.1, 0.15) is 6.54 Å². The van der Waals surface area contributed by atoms with Crippen LogP contribution in [0.1, 0.15) is 16.7 Å². The Labute approximate surface area is 180 Å². The summed E-state index contributed by atoms with van der Waals surface area (Å²) in [6, 6.07) is 18.4. The third kappa shape index (κ3) is 6.31. The number of carbonyl (C=O) groups is 3. The molecule has 0 spiro atoms. The Bertz CT molecular complexity index is 1010. The maximum absolute atomic E-state index is 13.0. The normalized spacial score (nSPS) is 11.7. The highest BCUT2D eigenvalue weighted by molar-refractivity contribution is 5.95. The van der Waals surface area contributed by atoms with E-state index in [2.05, 4.69) is 21.3 Å². The molecule has 4 amide bonds. The first kappa shape index (κ1) is 22.9.